The van der Waals surface area contributed by atoms with Gasteiger partial charge in [-0.2, -0.15) is 0 Å². The largest absolute Gasteiger partial charge is 0.494 e. The van der Waals surface area contributed by atoms with E-state index in [4.69, 9.17) is 4.74 Å². The molecule has 4 atom stereocenters. The number of nitro benzene ring substituents is 1. The lowest BCUT2D eigenvalue weighted by Gasteiger charge is -2.38. The average Bonchev–Trinajstić information content (AvgIpc) is 2.88. The van der Waals surface area contributed by atoms with Crippen molar-refractivity contribution in [3.63, 3.8) is 0 Å². The number of benzene rings is 1. The molecule has 24 heavy (non-hydrogen) atoms. The molecule has 0 N–H and O–H groups in total. The third kappa shape index (κ3) is 1.90. The molecule has 1 saturated heterocycles. The highest BCUT2D eigenvalue weighted by Crippen LogP contribution is 2.51. The molecule has 0 aromatic heterocycles. The van der Waals surface area contributed by atoms with Crippen LogP contribution in [0.15, 0.2) is 30.4 Å². The predicted octanol–water partition coefficient (Wildman–Crippen LogP) is 2.30. The number of allylic oxidation sites excluding steroid dienone is 2. The number of ether oxygens (including phenoxy) is 1. The Morgan fingerprint density at radius 3 is 2.17 bits per heavy atom. The first-order valence-electron chi connectivity index (χ1n) is 7.91. The first-order valence-corrected chi connectivity index (χ1v) is 7.91. The summed E-state index contributed by atoms with van der Waals surface area (Å²) in [6.07, 6.45) is 5.95. The summed E-state index contributed by atoms with van der Waals surface area (Å²) in [6.45, 7) is 0. The van der Waals surface area contributed by atoms with Crippen molar-refractivity contribution in [1.29, 1.82) is 0 Å². The van der Waals surface area contributed by atoms with Crippen LogP contribution in [0.5, 0.6) is 5.75 Å². The van der Waals surface area contributed by atoms with E-state index in [0.717, 1.165) is 17.7 Å². The topological polar surface area (TPSA) is 89.8 Å². The molecule has 0 spiro atoms. The maximum Gasteiger partial charge on any atom is 0.273 e. The summed E-state index contributed by atoms with van der Waals surface area (Å²) >= 11 is 0. The normalized spacial score (nSPS) is 30.6. The Morgan fingerprint density at radius 1 is 1.12 bits per heavy atom. The summed E-state index contributed by atoms with van der Waals surface area (Å²) in [5.41, 5.74) is 0.140. The number of rotatable bonds is 3. The highest BCUT2D eigenvalue weighted by Gasteiger charge is 2.57. The van der Waals surface area contributed by atoms with Gasteiger partial charge in [0.05, 0.1) is 35.6 Å². The number of nitrogens with zero attached hydrogens (tertiary/aromatic N) is 2. The molecule has 1 aliphatic heterocycles. The summed E-state index contributed by atoms with van der Waals surface area (Å²) in [5, 5.41) is 10.9. The monoisotopic (exact) mass is 328 g/mol. The molecule has 2 bridgehead atoms. The number of amides is 2. The van der Waals surface area contributed by atoms with Gasteiger partial charge >= 0.3 is 0 Å². The van der Waals surface area contributed by atoms with Gasteiger partial charge in [0.25, 0.3) is 5.69 Å². The van der Waals surface area contributed by atoms with Gasteiger partial charge in [-0.05, 0) is 30.7 Å². The van der Waals surface area contributed by atoms with Crippen LogP contribution in [0.3, 0.4) is 0 Å². The van der Waals surface area contributed by atoms with Gasteiger partial charge in [0.15, 0.2) is 0 Å². The molecule has 0 unspecified atom stereocenters. The molecular formula is C17H16N2O5. The first-order chi connectivity index (χ1) is 11.5. The maximum atomic E-state index is 12.9. The molecule has 7 nitrogen and oxygen atoms in total. The van der Waals surface area contributed by atoms with Crippen LogP contribution < -0.4 is 9.64 Å². The number of non-ortho nitro benzene ring substituents is 1. The van der Waals surface area contributed by atoms with Gasteiger partial charge in [-0.15, -0.1) is 0 Å². The van der Waals surface area contributed by atoms with Crippen LogP contribution in [0, 0.1) is 33.8 Å². The summed E-state index contributed by atoms with van der Waals surface area (Å²) in [6, 6.07) is 3.94. The predicted molar refractivity (Wildman–Crippen MR) is 84.5 cm³/mol. The number of methoxy groups -OCH3 is 1. The number of hydrogen-bond donors (Lipinski definition) is 0. The van der Waals surface area contributed by atoms with E-state index in [1.165, 1.54) is 25.3 Å². The first kappa shape index (κ1) is 14.9. The Hall–Kier alpha value is -2.70. The molecule has 1 aromatic rings. The molecule has 2 fully saturated rings. The lowest BCUT2D eigenvalue weighted by Crippen LogP contribution is -2.38. The third-order valence-corrected chi connectivity index (χ3v) is 5.37. The van der Waals surface area contributed by atoms with E-state index in [-0.39, 0.29) is 52.6 Å². The van der Waals surface area contributed by atoms with Gasteiger partial charge < -0.3 is 4.74 Å². The van der Waals surface area contributed by atoms with Crippen LogP contribution in [0.4, 0.5) is 11.4 Å². The summed E-state index contributed by atoms with van der Waals surface area (Å²) in [7, 11) is 1.37. The number of imide groups is 1. The van der Waals surface area contributed by atoms with Crippen molar-refractivity contribution >= 4 is 23.2 Å². The van der Waals surface area contributed by atoms with Crippen molar-refractivity contribution in [2.75, 3.05) is 12.0 Å². The molecule has 5 rings (SSSR count). The lowest BCUT2D eigenvalue weighted by atomic mass is 9.63. The Bertz CT molecular complexity index is 755. The second-order valence-corrected chi connectivity index (χ2v) is 6.47. The van der Waals surface area contributed by atoms with Gasteiger partial charge in [0.1, 0.15) is 5.75 Å². The fraction of sp³-hybridized carbons (Fsp3) is 0.412. The van der Waals surface area contributed by atoms with Gasteiger partial charge in [-0.3, -0.25) is 19.7 Å². The molecule has 0 radical (unpaired) electrons. The van der Waals surface area contributed by atoms with E-state index < -0.39 is 4.92 Å². The number of carbonyl (C=O) groups excluding carboxylic acids is 2. The Morgan fingerprint density at radius 2 is 1.71 bits per heavy atom. The molecule has 4 aliphatic rings. The molecule has 2 amide bonds. The Balaban J connectivity index is 1.77. The number of carbonyl (C=O) groups is 2. The molecule has 7 heteroatoms. The molecule has 1 saturated carbocycles. The Kier molecular flexibility index (Phi) is 3.19. The van der Waals surface area contributed by atoms with Crippen molar-refractivity contribution < 1.29 is 19.2 Å². The van der Waals surface area contributed by atoms with E-state index >= 15 is 0 Å². The second kappa shape index (κ2) is 5.15. The fourth-order valence-corrected chi connectivity index (χ4v) is 4.28. The molecular weight excluding hydrogens is 312 g/mol. The minimum atomic E-state index is -0.538. The van der Waals surface area contributed by atoms with Crippen molar-refractivity contribution in [1.82, 2.24) is 0 Å². The van der Waals surface area contributed by atoms with Crippen LogP contribution in [-0.2, 0) is 9.59 Å². The minimum absolute atomic E-state index is 0.102. The number of anilines is 1. The van der Waals surface area contributed by atoms with Crippen LogP contribution in [0.2, 0.25) is 0 Å². The van der Waals surface area contributed by atoms with E-state index in [0.29, 0.717) is 0 Å². The smallest absolute Gasteiger partial charge is 0.273 e. The summed E-state index contributed by atoms with van der Waals surface area (Å²) in [5.74, 6) is -0.726. The van der Waals surface area contributed by atoms with Gasteiger partial charge in [-0.25, -0.2) is 4.90 Å². The molecule has 3 aliphatic carbocycles. The van der Waals surface area contributed by atoms with Gasteiger partial charge in [-0.1, -0.05) is 12.2 Å². The lowest BCUT2D eigenvalue weighted by molar-refractivity contribution is -0.384. The number of hydrogen-bond acceptors (Lipinski definition) is 5. The average molecular weight is 328 g/mol. The van der Waals surface area contributed by atoms with E-state index in [9.17, 15) is 19.7 Å². The third-order valence-electron chi connectivity index (χ3n) is 5.37. The van der Waals surface area contributed by atoms with E-state index in [1.807, 2.05) is 0 Å². The van der Waals surface area contributed by atoms with E-state index in [2.05, 4.69) is 12.2 Å². The maximum absolute atomic E-state index is 12.9. The van der Waals surface area contributed by atoms with Crippen molar-refractivity contribution in [3.8, 4) is 5.75 Å². The van der Waals surface area contributed by atoms with E-state index in [1.54, 1.807) is 0 Å². The molecule has 124 valence electrons. The quantitative estimate of drug-likeness (QED) is 0.367. The van der Waals surface area contributed by atoms with Crippen LogP contribution in [0.25, 0.3) is 0 Å². The zero-order chi connectivity index (χ0) is 17.0. The number of fused-ring (bicyclic) bond motifs is 1. The van der Waals surface area contributed by atoms with Crippen LogP contribution in [0.1, 0.15) is 12.8 Å². The van der Waals surface area contributed by atoms with Crippen LogP contribution in [-0.4, -0.2) is 23.8 Å². The fourth-order valence-electron chi connectivity index (χ4n) is 4.28. The molecule has 1 aromatic carbocycles. The van der Waals surface area contributed by atoms with Gasteiger partial charge in [0, 0.05) is 6.07 Å². The SMILES string of the molecule is COc1cc([N+](=O)[O-])ccc1N1C(=O)[C@H]2[C@H](C1=O)[C@@H]1C=C[C@@H]2CC1. The Labute approximate surface area is 138 Å². The summed E-state index contributed by atoms with van der Waals surface area (Å²) in [4.78, 5) is 37.4. The summed E-state index contributed by atoms with van der Waals surface area (Å²) < 4.78 is 5.20. The molecule has 1 heterocycles. The van der Waals surface area contributed by atoms with Crippen molar-refractivity contribution in [2.24, 2.45) is 23.7 Å². The minimum Gasteiger partial charge on any atom is -0.494 e. The zero-order valence-electron chi connectivity index (χ0n) is 13.0. The van der Waals surface area contributed by atoms with Gasteiger partial charge in [0.2, 0.25) is 11.8 Å². The van der Waals surface area contributed by atoms with Crippen LogP contribution >= 0.6 is 0 Å². The highest BCUT2D eigenvalue weighted by atomic mass is 16.6. The zero-order valence-corrected chi connectivity index (χ0v) is 13.0. The standard InChI is InChI=1S/C17H16N2O5/c1-24-13-8-11(19(22)23)6-7-12(13)18-16(20)14-9-2-3-10(5-4-9)15(14)17(18)21/h2-3,6-10,14-15H,4-5H2,1H3/t9-,10-,14-,15-/m1/s1. The second-order valence-electron chi connectivity index (χ2n) is 6.47. The van der Waals surface area contributed by atoms with Crippen molar-refractivity contribution in [3.05, 3.63) is 40.5 Å². The highest BCUT2D eigenvalue weighted by molar-refractivity contribution is 6.23. The number of nitro groups is 1. The van der Waals surface area contributed by atoms with Crippen molar-refractivity contribution in [2.45, 2.75) is 12.8 Å².